The van der Waals surface area contributed by atoms with Gasteiger partial charge in [-0.05, 0) is 12.5 Å². The molecule has 1 rings (SSSR count). The number of carbonyl (C=O) groups excluding carboxylic acids is 1. The fourth-order valence-electron chi connectivity index (χ4n) is 1.22. The Morgan fingerprint density at radius 3 is 2.94 bits per heavy atom. The van der Waals surface area contributed by atoms with Crippen molar-refractivity contribution in [3.8, 4) is 0 Å². The molecular formula is C10H12ClN3O3. The molecule has 1 heterocycles. The average Bonchev–Trinajstić information content (AvgIpc) is 2.28. The van der Waals surface area contributed by atoms with Gasteiger partial charge in [-0.2, -0.15) is 0 Å². The third-order valence-electron chi connectivity index (χ3n) is 2.11. The molecule has 0 fully saturated rings. The molecule has 0 atom stereocenters. The number of hydrogen-bond donors (Lipinski definition) is 1. The lowest BCUT2D eigenvalue weighted by Crippen LogP contribution is -2.25. The minimum atomic E-state index is -0.655. The van der Waals surface area contributed by atoms with Crippen LogP contribution < -0.4 is 5.32 Å². The summed E-state index contributed by atoms with van der Waals surface area (Å²) in [6, 6.07) is 1.20. The van der Waals surface area contributed by atoms with Crippen molar-refractivity contribution in [2.24, 2.45) is 0 Å². The number of halogens is 1. The van der Waals surface area contributed by atoms with Gasteiger partial charge in [0.15, 0.2) is 0 Å². The molecule has 1 amide bonds. The maximum Gasteiger partial charge on any atom is 0.300 e. The zero-order chi connectivity index (χ0) is 12.8. The molecule has 17 heavy (non-hydrogen) atoms. The van der Waals surface area contributed by atoms with E-state index in [1.54, 1.807) is 0 Å². The monoisotopic (exact) mass is 257 g/mol. The minimum absolute atomic E-state index is 0.0521. The number of nitrogens with one attached hydrogen (secondary N) is 1. The predicted octanol–water partition coefficient (Wildman–Crippen LogP) is 2.17. The van der Waals surface area contributed by atoms with Crippen LogP contribution in [-0.4, -0.2) is 22.4 Å². The molecule has 1 aromatic heterocycles. The lowest BCUT2D eigenvalue weighted by atomic mass is 10.2. The van der Waals surface area contributed by atoms with Crippen molar-refractivity contribution in [2.75, 3.05) is 6.54 Å². The molecule has 1 aromatic rings. The lowest BCUT2D eigenvalue weighted by molar-refractivity contribution is -0.385. The van der Waals surface area contributed by atoms with Crippen molar-refractivity contribution in [3.63, 3.8) is 0 Å². The van der Waals surface area contributed by atoms with Crippen molar-refractivity contribution in [1.82, 2.24) is 10.3 Å². The third-order valence-corrected chi connectivity index (χ3v) is 2.31. The summed E-state index contributed by atoms with van der Waals surface area (Å²) in [4.78, 5) is 25.3. The van der Waals surface area contributed by atoms with Gasteiger partial charge in [0.1, 0.15) is 16.9 Å². The van der Waals surface area contributed by atoms with Crippen molar-refractivity contribution < 1.29 is 9.72 Å². The Kier molecular flexibility index (Phi) is 4.84. The van der Waals surface area contributed by atoms with E-state index in [0.29, 0.717) is 6.54 Å². The van der Waals surface area contributed by atoms with Gasteiger partial charge in [0.25, 0.3) is 11.6 Å². The summed E-state index contributed by atoms with van der Waals surface area (Å²) in [5.74, 6) is -0.505. The third kappa shape index (κ3) is 3.67. The molecule has 0 aliphatic rings. The van der Waals surface area contributed by atoms with Crippen molar-refractivity contribution >= 4 is 23.2 Å². The lowest BCUT2D eigenvalue weighted by Gasteiger charge is -2.04. The quantitative estimate of drug-likeness (QED) is 0.379. The zero-order valence-corrected chi connectivity index (χ0v) is 10.0. The highest BCUT2D eigenvalue weighted by Crippen LogP contribution is 2.20. The summed E-state index contributed by atoms with van der Waals surface area (Å²) in [6.45, 7) is 2.46. The summed E-state index contributed by atoms with van der Waals surface area (Å²) < 4.78 is 0. The number of pyridine rings is 1. The van der Waals surface area contributed by atoms with Crippen LogP contribution in [0.3, 0.4) is 0 Å². The van der Waals surface area contributed by atoms with Crippen LogP contribution in [0.2, 0.25) is 5.15 Å². The standard InChI is InChI=1S/C10H12ClN3O3/c1-2-3-4-12-10(15)7-5-9(11)13-6-8(7)14(16)17/h5-6H,2-4H2,1H3,(H,12,15). The number of hydrogen-bond acceptors (Lipinski definition) is 4. The molecule has 1 N–H and O–H groups in total. The Balaban J connectivity index is 2.90. The maximum atomic E-state index is 11.7. The van der Waals surface area contributed by atoms with Crippen molar-refractivity contribution in [2.45, 2.75) is 19.8 Å². The number of carbonyl (C=O) groups is 1. The summed E-state index contributed by atoms with van der Waals surface area (Å²) >= 11 is 5.61. The zero-order valence-electron chi connectivity index (χ0n) is 9.27. The molecule has 0 bridgehead atoms. The number of rotatable bonds is 5. The molecule has 0 aliphatic carbocycles. The number of amides is 1. The second kappa shape index (κ2) is 6.15. The van der Waals surface area contributed by atoms with Crippen LogP contribution >= 0.6 is 11.6 Å². The molecule has 0 aliphatic heterocycles. The van der Waals surface area contributed by atoms with Crippen LogP contribution in [0, 0.1) is 10.1 Å². The molecule has 6 nitrogen and oxygen atoms in total. The van der Waals surface area contributed by atoms with Crippen LogP contribution in [-0.2, 0) is 0 Å². The Morgan fingerprint density at radius 2 is 2.35 bits per heavy atom. The van der Waals surface area contributed by atoms with Gasteiger partial charge in [0.05, 0.1) is 4.92 Å². The van der Waals surface area contributed by atoms with E-state index in [0.717, 1.165) is 19.0 Å². The number of unbranched alkanes of at least 4 members (excludes halogenated alkanes) is 1. The molecule has 0 saturated heterocycles. The highest BCUT2D eigenvalue weighted by Gasteiger charge is 2.20. The van der Waals surface area contributed by atoms with Crippen molar-refractivity contribution in [1.29, 1.82) is 0 Å². The molecule has 0 unspecified atom stereocenters. The summed E-state index contributed by atoms with van der Waals surface area (Å²) in [5, 5.41) is 13.4. The van der Waals surface area contributed by atoms with E-state index >= 15 is 0 Å². The van der Waals surface area contributed by atoms with Crippen molar-refractivity contribution in [3.05, 3.63) is 33.1 Å². The Morgan fingerprint density at radius 1 is 1.65 bits per heavy atom. The minimum Gasteiger partial charge on any atom is -0.352 e. The predicted molar refractivity (Wildman–Crippen MR) is 63.1 cm³/mol. The molecular weight excluding hydrogens is 246 g/mol. The Hall–Kier alpha value is -1.69. The van der Waals surface area contributed by atoms with E-state index in [-0.39, 0.29) is 16.4 Å². The second-order valence-electron chi connectivity index (χ2n) is 3.39. The van der Waals surface area contributed by atoms with E-state index < -0.39 is 10.8 Å². The van der Waals surface area contributed by atoms with E-state index in [9.17, 15) is 14.9 Å². The molecule has 0 saturated carbocycles. The smallest absolute Gasteiger partial charge is 0.300 e. The number of aromatic nitrogens is 1. The van der Waals surface area contributed by atoms with Gasteiger partial charge < -0.3 is 5.32 Å². The molecule has 0 aromatic carbocycles. The molecule has 0 spiro atoms. The maximum absolute atomic E-state index is 11.7. The van der Waals surface area contributed by atoms with Crippen LogP contribution in [0.4, 0.5) is 5.69 Å². The van der Waals surface area contributed by atoms with Gasteiger partial charge >= 0.3 is 0 Å². The fourth-order valence-corrected chi connectivity index (χ4v) is 1.38. The van der Waals surface area contributed by atoms with Gasteiger partial charge in [-0.15, -0.1) is 0 Å². The van der Waals surface area contributed by atoms with E-state index in [2.05, 4.69) is 10.3 Å². The average molecular weight is 258 g/mol. The molecule has 92 valence electrons. The highest BCUT2D eigenvalue weighted by molar-refractivity contribution is 6.29. The fraction of sp³-hybridized carbons (Fsp3) is 0.400. The van der Waals surface area contributed by atoms with Crippen LogP contribution in [0.15, 0.2) is 12.3 Å². The first kappa shape index (κ1) is 13.4. The van der Waals surface area contributed by atoms with Crippen LogP contribution in [0.5, 0.6) is 0 Å². The highest BCUT2D eigenvalue weighted by atomic mass is 35.5. The van der Waals surface area contributed by atoms with E-state index in [1.807, 2.05) is 6.92 Å². The number of nitrogens with zero attached hydrogens (tertiary/aromatic N) is 2. The summed E-state index contributed by atoms with van der Waals surface area (Å²) in [7, 11) is 0. The summed E-state index contributed by atoms with van der Waals surface area (Å²) in [6.07, 6.45) is 2.73. The molecule has 7 heteroatoms. The number of nitro groups is 1. The Bertz CT molecular complexity index is 437. The first-order chi connectivity index (χ1) is 8.06. The molecule has 0 radical (unpaired) electrons. The van der Waals surface area contributed by atoms with E-state index in [4.69, 9.17) is 11.6 Å². The van der Waals surface area contributed by atoms with E-state index in [1.165, 1.54) is 6.07 Å². The van der Waals surface area contributed by atoms with Gasteiger partial charge in [0, 0.05) is 6.54 Å². The van der Waals surface area contributed by atoms with Gasteiger partial charge in [-0.3, -0.25) is 14.9 Å². The normalized spacial score (nSPS) is 10.0. The first-order valence-electron chi connectivity index (χ1n) is 5.14. The second-order valence-corrected chi connectivity index (χ2v) is 3.78. The van der Waals surface area contributed by atoms with Gasteiger partial charge in [-0.1, -0.05) is 24.9 Å². The van der Waals surface area contributed by atoms with Crippen LogP contribution in [0.25, 0.3) is 0 Å². The SMILES string of the molecule is CCCCNC(=O)c1cc(Cl)ncc1[N+](=O)[O-]. The summed E-state index contributed by atoms with van der Waals surface area (Å²) in [5.41, 5.74) is -0.408. The largest absolute Gasteiger partial charge is 0.352 e. The van der Waals surface area contributed by atoms with Gasteiger partial charge in [0.2, 0.25) is 0 Å². The first-order valence-corrected chi connectivity index (χ1v) is 5.52. The topological polar surface area (TPSA) is 85.1 Å². The van der Waals surface area contributed by atoms with Crippen LogP contribution in [0.1, 0.15) is 30.1 Å². The Labute approximate surface area is 103 Å². The van der Waals surface area contributed by atoms with Gasteiger partial charge in [-0.25, -0.2) is 4.98 Å².